The number of quaternary nitrogens is 2. The number of carbonyl (C=O) groups excluding carboxylic acids is 2. The maximum absolute atomic E-state index is 12.9. The minimum atomic E-state index is -0.440. The lowest BCUT2D eigenvalue weighted by Crippen LogP contribution is -2.52. The zero-order chi connectivity index (χ0) is 46.7. The van der Waals surface area contributed by atoms with Crippen molar-refractivity contribution in [2.75, 3.05) is 96.1 Å². The van der Waals surface area contributed by atoms with Crippen molar-refractivity contribution < 1.29 is 66.7 Å². The molecule has 2 aliphatic rings. The molecule has 4 aromatic rings. The topological polar surface area (TPSA) is 148 Å². The maximum Gasteiger partial charge on any atom is 0.306 e. The average Bonchev–Trinajstić information content (AvgIpc) is 3.33. The van der Waals surface area contributed by atoms with Gasteiger partial charge in [-0.2, -0.15) is 0 Å². The van der Waals surface area contributed by atoms with Crippen LogP contribution in [0, 0.1) is 0 Å². The van der Waals surface area contributed by atoms with Crippen molar-refractivity contribution in [1.29, 1.82) is 0 Å². The van der Waals surface area contributed by atoms with Gasteiger partial charge in [0.05, 0.1) is 122 Å². The lowest BCUT2D eigenvalue weighted by Gasteiger charge is -2.46. The van der Waals surface area contributed by atoms with E-state index >= 15 is 0 Å². The van der Waals surface area contributed by atoms with E-state index in [1.165, 1.54) is 11.1 Å². The summed E-state index contributed by atoms with van der Waals surface area (Å²) in [6.45, 7) is 3.28. The van der Waals surface area contributed by atoms with Crippen LogP contribution in [0.5, 0.6) is 34.5 Å². The molecule has 0 amide bonds. The molecule has 0 fully saturated rings. The molecule has 14 heteroatoms. The summed E-state index contributed by atoms with van der Waals surface area (Å²) < 4.78 is 46.4. The van der Waals surface area contributed by atoms with Crippen LogP contribution in [0.15, 0.2) is 60.7 Å². The number of methoxy groups -OCH3 is 6. The predicted octanol–water partition coefficient (Wildman–Crippen LogP) is 6.45. The number of nitrogens with zero attached hydrogens (tertiary/aromatic N) is 2. The molecule has 2 N–H and O–H groups in total. The van der Waals surface area contributed by atoms with Crippen molar-refractivity contribution in [1.82, 2.24) is 0 Å². The number of ether oxygens (including phenoxy) is 8. The molecule has 0 aromatic heterocycles. The van der Waals surface area contributed by atoms with Crippen LogP contribution in [-0.2, 0) is 51.5 Å². The Morgan fingerprint density at radius 2 is 1.06 bits per heavy atom. The fourth-order valence-corrected chi connectivity index (χ4v) is 9.90. The molecule has 2 aliphatic heterocycles. The summed E-state index contributed by atoms with van der Waals surface area (Å²) >= 11 is 0. The third-order valence-electron chi connectivity index (χ3n) is 13.5. The monoisotopic (exact) mass is 900 g/mol. The molecular weight excluding hydrogens is 833 g/mol. The van der Waals surface area contributed by atoms with Gasteiger partial charge in [-0.05, 0) is 76.3 Å². The molecule has 4 atom stereocenters. The Balaban J connectivity index is 1.02. The summed E-state index contributed by atoms with van der Waals surface area (Å²) in [4.78, 5) is 25.8. The first-order valence-electron chi connectivity index (χ1n) is 22.4. The highest BCUT2D eigenvalue weighted by atomic mass is 16.5. The number of likely N-dealkylation sites (N-methyl/N-ethyl adjacent to an activating group) is 2. The van der Waals surface area contributed by atoms with Crippen LogP contribution in [0.3, 0.4) is 0 Å². The molecule has 65 heavy (non-hydrogen) atoms. The summed E-state index contributed by atoms with van der Waals surface area (Å²) in [6.07, 6.45) is 3.51. The Bertz CT molecular complexity index is 2280. The van der Waals surface area contributed by atoms with Gasteiger partial charge in [0.1, 0.15) is 12.1 Å². The third-order valence-corrected chi connectivity index (χ3v) is 13.5. The summed E-state index contributed by atoms with van der Waals surface area (Å²) in [5.41, 5.74) is 8.19. The van der Waals surface area contributed by atoms with Crippen molar-refractivity contribution in [3.63, 3.8) is 0 Å². The number of benzene rings is 4. The highest BCUT2D eigenvalue weighted by Gasteiger charge is 2.42. The molecular formula is C51H68N2O12+2. The van der Waals surface area contributed by atoms with Gasteiger partial charge < -0.3 is 57.1 Å². The van der Waals surface area contributed by atoms with Crippen molar-refractivity contribution >= 4 is 11.9 Å². The van der Waals surface area contributed by atoms with E-state index in [4.69, 9.17) is 37.9 Å². The third kappa shape index (κ3) is 11.1. The van der Waals surface area contributed by atoms with Gasteiger partial charge in [-0.15, -0.1) is 0 Å². The number of hydrogen-bond acceptors (Lipinski definition) is 12. The Labute approximate surface area is 383 Å². The van der Waals surface area contributed by atoms with Gasteiger partial charge in [-0.3, -0.25) is 9.59 Å². The Kier molecular flexibility index (Phi) is 16.6. The van der Waals surface area contributed by atoms with E-state index in [9.17, 15) is 19.8 Å². The highest BCUT2D eigenvalue weighted by molar-refractivity contribution is 5.77. The van der Waals surface area contributed by atoms with Gasteiger partial charge in [0.2, 0.25) is 0 Å². The zero-order valence-corrected chi connectivity index (χ0v) is 39.4. The van der Waals surface area contributed by atoms with Crippen LogP contribution in [0.1, 0.15) is 82.3 Å². The van der Waals surface area contributed by atoms with E-state index in [-0.39, 0.29) is 51.4 Å². The van der Waals surface area contributed by atoms with Crippen LogP contribution in [0.4, 0.5) is 0 Å². The molecule has 0 radical (unpaired) electrons. The zero-order valence-electron chi connectivity index (χ0n) is 39.4. The van der Waals surface area contributed by atoms with E-state index < -0.39 is 11.9 Å². The Morgan fingerprint density at radius 3 is 1.65 bits per heavy atom. The molecule has 14 nitrogen and oxygen atoms in total. The van der Waals surface area contributed by atoms with Gasteiger partial charge in [0.15, 0.2) is 34.5 Å². The second kappa shape index (κ2) is 22.1. The number of esters is 2. The second-order valence-corrected chi connectivity index (χ2v) is 17.5. The SMILES string of the molecule is COc1ccc(CC2c3cc(OC)c(OC)cc3CC[N+]2(C)CCCOC(=O)CCC(=O)OCCC[N+]2(C)CCc3cc(CO)c(CO)cc3C2c2ccc(OC)c(OC)c2)cc1OC. The molecule has 0 aliphatic carbocycles. The maximum atomic E-state index is 12.9. The number of fused-ring (bicyclic) bond motifs is 2. The lowest BCUT2D eigenvalue weighted by molar-refractivity contribution is -0.941. The standard InChI is InChI=1S/C51H68N2O12/c1-52(21-17-36-29-47(62-7)48(63-8)31-40(36)42(52)25-34-11-13-43(58-3)45(26-34)60-5)19-9-23-64-49(56)15-16-50(57)65-24-10-20-53(2)22-18-35-27-38(32-54)39(33-55)28-41(35)51(53)37-12-14-44(59-4)46(30-37)61-6/h11-14,26-31,42,51,54-55H,9-10,15-25,32-33H2,1-8H3/q+2. The molecule has 0 saturated heterocycles. The predicted molar refractivity (Wildman–Crippen MR) is 245 cm³/mol. The average molecular weight is 901 g/mol. The van der Waals surface area contributed by atoms with E-state index in [2.05, 4.69) is 32.3 Å². The fraction of sp³-hybridized carbons (Fsp3) is 0.490. The second-order valence-electron chi connectivity index (χ2n) is 17.5. The van der Waals surface area contributed by atoms with E-state index in [0.717, 1.165) is 71.2 Å². The van der Waals surface area contributed by atoms with E-state index in [0.29, 0.717) is 63.9 Å². The normalized spacial score (nSPS) is 19.9. The first kappa shape index (κ1) is 48.9. The summed E-state index contributed by atoms with van der Waals surface area (Å²) in [5, 5.41) is 20.2. The fourth-order valence-electron chi connectivity index (χ4n) is 9.90. The minimum absolute atomic E-state index is 0.0587. The molecule has 0 saturated carbocycles. The van der Waals surface area contributed by atoms with Gasteiger partial charge in [0, 0.05) is 48.8 Å². The quantitative estimate of drug-likeness (QED) is 0.0508. The van der Waals surface area contributed by atoms with E-state index in [1.54, 1.807) is 42.7 Å². The molecule has 4 aromatic carbocycles. The molecule has 0 bridgehead atoms. The highest BCUT2D eigenvalue weighted by Crippen LogP contribution is 2.45. The van der Waals surface area contributed by atoms with Crippen molar-refractivity contribution in [3.8, 4) is 34.5 Å². The lowest BCUT2D eigenvalue weighted by atomic mass is 9.83. The van der Waals surface area contributed by atoms with Crippen molar-refractivity contribution in [2.24, 2.45) is 0 Å². The van der Waals surface area contributed by atoms with Gasteiger partial charge in [0.25, 0.3) is 0 Å². The van der Waals surface area contributed by atoms with Crippen LogP contribution < -0.4 is 28.4 Å². The molecule has 352 valence electrons. The summed E-state index contributed by atoms with van der Waals surface area (Å²) in [7, 11) is 14.2. The van der Waals surface area contributed by atoms with Gasteiger partial charge in [-0.25, -0.2) is 0 Å². The molecule has 4 unspecified atom stereocenters. The van der Waals surface area contributed by atoms with Gasteiger partial charge in [-0.1, -0.05) is 12.1 Å². The van der Waals surface area contributed by atoms with Crippen LogP contribution in [0.2, 0.25) is 0 Å². The van der Waals surface area contributed by atoms with Gasteiger partial charge >= 0.3 is 11.9 Å². The molecule has 0 spiro atoms. The Hall–Kier alpha value is -5.54. The van der Waals surface area contributed by atoms with Crippen LogP contribution in [-0.4, -0.2) is 127 Å². The van der Waals surface area contributed by atoms with Crippen LogP contribution in [0.25, 0.3) is 0 Å². The summed E-state index contributed by atoms with van der Waals surface area (Å²) in [5.74, 6) is 3.12. The van der Waals surface area contributed by atoms with E-state index in [1.807, 2.05) is 42.5 Å². The number of carbonyl (C=O) groups is 2. The van der Waals surface area contributed by atoms with Crippen LogP contribution >= 0.6 is 0 Å². The summed E-state index contributed by atoms with van der Waals surface area (Å²) in [6, 6.07) is 20.1. The molecule has 6 rings (SSSR count). The Morgan fingerprint density at radius 1 is 0.569 bits per heavy atom. The van der Waals surface area contributed by atoms with Crippen molar-refractivity contribution in [2.45, 2.75) is 70.2 Å². The molecule has 2 heterocycles. The first-order chi connectivity index (χ1) is 31.4. The van der Waals surface area contributed by atoms with Crippen molar-refractivity contribution in [3.05, 3.63) is 105 Å². The first-order valence-corrected chi connectivity index (χ1v) is 22.4. The number of aliphatic hydroxyl groups is 2. The number of aliphatic hydroxyl groups excluding tert-OH is 2. The minimum Gasteiger partial charge on any atom is -0.493 e. The number of hydrogen-bond donors (Lipinski definition) is 2. The largest absolute Gasteiger partial charge is 0.493 e. The smallest absolute Gasteiger partial charge is 0.306 e. The number of rotatable bonds is 22.